The highest BCUT2D eigenvalue weighted by Gasteiger charge is 2.15. The molecule has 1 unspecified atom stereocenters. The van der Waals surface area contributed by atoms with Crippen molar-refractivity contribution >= 4 is 5.96 Å². The second-order valence-electron chi connectivity index (χ2n) is 6.71. The van der Waals surface area contributed by atoms with Gasteiger partial charge in [-0.15, -0.1) is 0 Å². The van der Waals surface area contributed by atoms with E-state index in [0.717, 1.165) is 51.7 Å². The molecule has 0 bridgehead atoms. The van der Waals surface area contributed by atoms with Crippen LogP contribution in [0.2, 0.25) is 0 Å². The van der Waals surface area contributed by atoms with Gasteiger partial charge in [0.05, 0.1) is 19.3 Å². The first-order chi connectivity index (χ1) is 12.1. The van der Waals surface area contributed by atoms with Gasteiger partial charge < -0.3 is 20.1 Å². The largest absolute Gasteiger partial charge is 0.379 e. The summed E-state index contributed by atoms with van der Waals surface area (Å²) in [6.45, 7) is 13.3. The second-order valence-corrected chi connectivity index (χ2v) is 6.71. The summed E-state index contributed by atoms with van der Waals surface area (Å²) in [5.41, 5.74) is 5.24. The van der Waals surface area contributed by atoms with Crippen molar-refractivity contribution in [2.24, 2.45) is 4.99 Å². The Balaban J connectivity index is 1.79. The van der Waals surface area contributed by atoms with Gasteiger partial charge in [-0.1, -0.05) is 17.7 Å². The van der Waals surface area contributed by atoms with Crippen molar-refractivity contribution in [1.82, 2.24) is 10.6 Å². The van der Waals surface area contributed by atoms with Gasteiger partial charge in [0.15, 0.2) is 5.96 Å². The number of hydrogen-bond acceptors (Lipinski definition) is 3. The number of hydrogen-bond donors (Lipinski definition) is 2. The number of aliphatic imine (C=N–C) groups is 1. The Bertz CT molecular complexity index is 543. The molecule has 5 nitrogen and oxygen atoms in total. The monoisotopic (exact) mass is 347 g/mol. The van der Waals surface area contributed by atoms with Gasteiger partial charge in [0.25, 0.3) is 0 Å². The van der Waals surface area contributed by atoms with E-state index in [1.165, 1.54) is 22.3 Å². The van der Waals surface area contributed by atoms with Crippen molar-refractivity contribution in [2.45, 2.75) is 53.2 Å². The molecular weight excluding hydrogens is 314 g/mol. The number of guanidine groups is 1. The number of nitrogens with zero attached hydrogens (tertiary/aromatic N) is 1. The summed E-state index contributed by atoms with van der Waals surface area (Å²) in [6, 6.07) is 4.45. The molecule has 0 aliphatic carbocycles. The average Bonchev–Trinajstić information content (AvgIpc) is 3.06. The van der Waals surface area contributed by atoms with Crippen LogP contribution in [-0.2, 0) is 16.0 Å². The molecule has 1 aliphatic heterocycles. The first-order valence-electron chi connectivity index (χ1n) is 9.38. The minimum Gasteiger partial charge on any atom is -0.379 e. The number of benzene rings is 1. The fraction of sp³-hybridized carbons (Fsp3) is 0.650. The van der Waals surface area contributed by atoms with Crippen molar-refractivity contribution in [3.05, 3.63) is 34.4 Å². The molecule has 1 aromatic rings. The smallest absolute Gasteiger partial charge is 0.191 e. The van der Waals surface area contributed by atoms with Gasteiger partial charge in [-0.2, -0.15) is 0 Å². The number of ether oxygens (including phenoxy) is 2. The predicted molar refractivity (Wildman–Crippen MR) is 103 cm³/mol. The lowest BCUT2D eigenvalue weighted by molar-refractivity contribution is 0.0420. The molecule has 5 heteroatoms. The quantitative estimate of drug-likeness (QED) is 0.431. The first kappa shape index (κ1) is 19.7. The fourth-order valence-corrected chi connectivity index (χ4v) is 3.13. The van der Waals surface area contributed by atoms with Crippen molar-refractivity contribution in [2.75, 3.05) is 32.9 Å². The molecule has 1 fully saturated rings. The Morgan fingerprint density at radius 3 is 2.64 bits per heavy atom. The second kappa shape index (κ2) is 10.4. The van der Waals surface area contributed by atoms with Crippen molar-refractivity contribution < 1.29 is 9.47 Å². The summed E-state index contributed by atoms with van der Waals surface area (Å²) >= 11 is 0. The molecule has 1 atom stereocenters. The van der Waals surface area contributed by atoms with Crippen LogP contribution in [0.15, 0.2) is 17.1 Å². The minimum absolute atomic E-state index is 0.286. The van der Waals surface area contributed by atoms with Gasteiger partial charge in [0.1, 0.15) is 0 Å². The lowest BCUT2D eigenvalue weighted by atomic mass is 10.00. The molecule has 140 valence electrons. The summed E-state index contributed by atoms with van der Waals surface area (Å²) in [5, 5.41) is 6.71. The first-order valence-corrected chi connectivity index (χ1v) is 9.38. The van der Waals surface area contributed by atoms with Gasteiger partial charge in [-0.3, -0.25) is 0 Å². The molecule has 25 heavy (non-hydrogen) atoms. The van der Waals surface area contributed by atoms with E-state index in [9.17, 15) is 0 Å². The molecule has 1 aliphatic rings. The van der Waals surface area contributed by atoms with Crippen LogP contribution in [0.5, 0.6) is 0 Å². The zero-order chi connectivity index (χ0) is 18.1. The highest BCUT2D eigenvalue weighted by Crippen LogP contribution is 2.17. The van der Waals surface area contributed by atoms with Gasteiger partial charge in [0, 0.05) is 26.3 Å². The van der Waals surface area contributed by atoms with Crippen LogP contribution < -0.4 is 10.6 Å². The van der Waals surface area contributed by atoms with Crippen molar-refractivity contribution in [3.63, 3.8) is 0 Å². The maximum atomic E-state index is 5.79. The lowest BCUT2D eigenvalue weighted by Gasteiger charge is -2.14. The topological polar surface area (TPSA) is 54.9 Å². The zero-order valence-corrected chi connectivity index (χ0v) is 16.2. The van der Waals surface area contributed by atoms with Crippen LogP contribution in [0.3, 0.4) is 0 Å². The molecule has 0 amide bonds. The summed E-state index contributed by atoms with van der Waals surface area (Å²) < 4.78 is 11.1. The Hall–Kier alpha value is -1.59. The normalized spacial score (nSPS) is 17.8. The summed E-state index contributed by atoms with van der Waals surface area (Å²) in [7, 11) is 0. The van der Waals surface area contributed by atoms with Crippen LogP contribution in [0.1, 0.15) is 42.0 Å². The Kier molecular flexibility index (Phi) is 8.22. The zero-order valence-electron chi connectivity index (χ0n) is 16.2. The number of aryl methyl sites for hydroxylation is 3. The molecule has 1 heterocycles. The van der Waals surface area contributed by atoms with Gasteiger partial charge in [-0.25, -0.2) is 4.99 Å². The molecule has 0 saturated carbocycles. The van der Waals surface area contributed by atoms with Crippen molar-refractivity contribution in [1.29, 1.82) is 0 Å². The molecule has 2 N–H and O–H groups in total. The number of rotatable bonds is 8. The molecular formula is C20H33N3O2. The highest BCUT2D eigenvalue weighted by atomic mass is 16.5. The maximum Gasteiger partial charge on any atom is 0.191 e. The van der Waals surface area contributed by atoms with Crippen LogP contribution >= 0.6 is 0 Å². The van der Waals surface area contributed by atoms with E-state index in [1.807, 2.05) is 0 Å². The van der Waals surface area contributed by atoms with E-state index in [0.29, 0.717) is 6.54 Å². The number of nitrogens with one attached hydrogen (secondary N) is 2. The average molecular weight is 348 g/mol. The SMILES string of the molecule is CCNC(=NCc1c(C)cc(C)cc1C)NCCCOC1CCOC1. The van der Waals surface area contributed by atoms with Crippen molar-refractivity contribution in [3.8, 4) is 0 Å². The molecule has 2 rings (SSSR count). The van der Waals surface area contributed by atoms with E-state index in [4.69, 9.17) is 14.5 Å². The highest BCUT2D eigenvalue weighted by molar-refractivity contribution is 5.79. The van der Waals surface area contributed by atoms with E-state index in [-0.39, 0.29) is 6.10 Å². The summed E-state index contributed by atoms with van der Waals surface area (Å²) in [6.07, 6.45) is 2.27. The van der Waals surface area contributed by atoms with Gasteiger partial charge >= 0.3 is 0 Å². The maximum absolute atomic E-state index is 5.79. The molecule has 1 aromatic carbocycles. The van der Waals surface area contributed by atoms with E-state index in [2.05, 4.69) is 50.5 Å². The third-order valence-electron chi connectivity index (χ3n) is 4.43. The summed E-state index contributed by atoms with van der Waals surface area (Å²) in [5.74, 6) is 0.867. The molecule has 1 saturated heterocycles. The van der Waals surface area contributed by atoms with Gasteiger partial charge in [-0.05, 0) is 57.2 Å². The lowest BCUT2D eigenvalue weighted by Crippen LogP contribution is -2.38. The van der Waals surface area contributed by atoms with Crippen LogP contribution in [0, 0.1) is 20.8 Å². The van der Waals surface area contributed by atoms with E-state index < -0.39 is 0 Å². The Labute approximate surface area is 152 Å². The van der Waals surface area contributed by atoms with E-state index in [1.54, 1.807) is 0 Å². The molecule has 0 spiro atoms. The third kappa shape index (κ3) is 6.67. The predicted octanol–water partition coefficient (Wildman–Crippen LogP) is 2.86. The minimum atomic E-state index is 0.286. The summed E-state index contributed by atoms with van der Waals surface area (Å²) in [4.78, 5) is 4.74. The Morgan fingerprint density at radius 2 is 2.00 bits per heavy atom. The molecule has 0 radical (unpaired) electrons. The van der Waals surface area contributed by atoms with Crippen LogP contribution in [0.25, 0.3) is 0 Å². The standard InChI is InChI=1S/C20H33N3O2/c1-5-21-20(22-8-6-9-25-18-7-10-24-14-18)23-13-19-16(3)11-15(2)12-17(19)4/h11-12,18H,5-10,13-14H2,1-4H3,(H2,21,22,23). The van der Waals surface area contributed by atoms with E-state index >= 15 is 0 Å². The third-order valence-corrected chi connectivity index (χ3v) is 4.43. The fourth-order valence-electron chi connectivity index (χ4n) is 3.13. The van der Waals surface area contributed by atoms with Crippen LogP contribution in [0.4, 0.5) is 0 Å². The Morgan fingerprint density at radius 1 is 1.24 bits per heavy atom. The van der Waals surface area contributed by atoms with Gasteiger partial charge in [0.2, 0.25) is 0 Å². The van der Waals surface area contributed by atoms with Crippen LogP contribution in [-0.4, -0.2) is 45.0 Å². The molecule has 0 aromatic heterocycles.